The molecule has 0 aromatic heterocycles. The van der Waals surface area contributed by atoms with Gasteiger partial charge in [0.15, 0.2) is 0 Å². The van der Waals surface area contributed by atoms with Crippen molar-refractivity contribution in [1.29, 1.82) is 0 Å². The number of carboxylic acid groups (broad SMARTS) is 1. The maximum absolute atomic E-state index is 10.4. The first-order valence-corrected chi connectivity index (χ1v) is 9.98. The van der Waals surface area contributed by atoms with Gasteiger partial charge in [-0.05, 0) is 32.1 Å². The molecule has 5 atom stereocenters. The molecule has 6 heteroatoms. The number of carboxylic acids is 1. The van der Waals surface area contributed by atoms with E-state index in [0.29, 0.717) is 25.7 Å². The summed E-state index contributed by atoms with van der Waals surface area (Å²) >= 11 is 0. The van der Waals surface area contributed by atoms with Crippen molar-refractivity contribution in [3.05, 3.63) is 48.6 Å². The molecule has 0 unspecified atom stereocenters. The topological polar surface area (TPSA) is 107 Å². The van der Waals surface area contributed by atoms with Gasteiger partial charge >= 0.3 is 5.97 Å². The van der Waals surface area contributed by atoms with Crippen LogP contribution in [0.2, 0.25) is 0 Å². The zero-order valence-electron chi connectivity index (χ0n) is 16.6. The van der Waals surface area contributed by atoms with Gasteiger partial charge in [-0.1, -0.05) is 55.5 Å². The van der Waals surface area contributed by atoms with Crippen LogP contribution in [0.15, 0.2) is 48.6 Å². The Morgan fingerprint density at radius 3 is 2.36 bits per heavy atom. The normalized spacial score (nSPS) is 25.5. The van der Waals surface area contributed by atoms with Crippen LogP contribution in [0.1, 0.15) is 51.9 Å². The Balaban J connectivity index is 2.23. The fourth-order valence-electron chi connectivity index (χ4n) is 2.79. The minimum Gasteiger partial charge on any atom is -0.481 e. The van der Waals surface area contributed by atoms with Crippen molar-refractivity contribution in [2.45, 2.75) is 82.4 Å². The second-order valence-electron chi connectivity index (χ2n) is 6.92. The first kappa shape index (κ1) is 24.3. The molecular formula is C22H34O6. The average Bonchev–Trinajstić information content (AvgIpc) is 3.04. The zero-order valence-corrected chi connectivity index (χ0v) is 16.6. The minimum atomic E-state index is -0.837. The number of carbonyl (C=O) groups is 1. The van der Waals surface area contributed by atoms with Gasteiger partial charge in [-0.2, -0.15) is 0 Å². The van der Waals surface area contributed by atoms with E-state index in [2.05, 4.69) is 0 Å². The highest BCUT2D eigenvalue weighted by atomic mass is 16.5. The molecule has 0 spiro atoms. The number of allylic oxidation sites excluding steroid dienone is 5. The van der Waals surface area contributed by atoms with Crippen LogP contribution in [-0.2, 0) is 9.53 Å². The van der Waals surface area contributed by atoms with E-state index in [4.69, 9.17) is 9.84 Å². The molecule has 0 amide bonds. The molecule has 1 rings (SSSR count). The van der Waals surface area contributed by atoms with Crippen molar-refractivity contribution in [2.24, 2.45) is 0 Å². The van der Waals surface area contributed by atoms with Crippen LogP contribution in [0.3, 0.4) is 0 Å². The summed E-state index contributed by atoms with van der Waals surface area (Å²) < 4.78 is 5.75. The third-order valence-electron chi connectivity index (χ3n) is 4.52. The Labute approximate surface area is 167 Å². The van der Waals surface area contributed by atoms with Gasteiger partial charge in [0.2, 0.25) is 0 Å². The van der Waals surface area contributed by atoms with Crippen molar-refractivity contribution in [2.75, 3.05) is 0 Å². The molecular weight excluding hydrogens is 360 g/mol. The van der Waals surface area contributed by atoms with Crippen molar-refractivity contribution in [3.8, 4) is 0 Å². The number of rotatable bonds is 13. The molecule has 1 fully saturated rings. The number of aliphatic hydroxyl groups is 3. The van der Waals surface area contributed by atoms with E-state index in [-0.39, 0.29) is 12.5 Å². The molecule has 158 valence electrons. The summed E-state index contributed by atoms with van der Waals surface area (Å²) in [6, 6.07) is 0. The maximum atomic E-state index is 10.4. The van der Waals surface area contributed by atoms with E-state index in [9.17, 15) is 20.1 Å². The molecule has 0 bridgehead atoms. The predicted octanol–water partition coefficient (Wildman–Crippen LogP) is 2.90. The molecule has 1 heterocycles. The molecule has 0 aromatic rings. The van der Waals surface area contributed by atoms with Crippen molar-refractivity contribution < 1.29 is 30.0 Å². The second kappa shape index (κ2) is 14.3. The molecule has 1 aliphatic heterocycles. The lowest BCUT2D eigenvalue weighted by atomic mass is 10.0. The molecule has 1 saturated heterocycles. The lowest BCUT2D eigenvalue weighted by Crippen LogP contribution is -2.24. The molecule has 0 saturated carbocycles. The molecule has 4 N–H and O–H groups in total. The molecule has 0 aliphatic carbocycles. The van der Waals surface area contributed by atoms with Crippen LogP contribution in [0, 0.1) is 0 Å². The average molecular weight is 395 g/mol. The maximum Gasteiger partial charge on any atom is 0.303 e. The highest BCUT2D eigenvalue weighted by Crippen LogP contribution is 2.26. The quantitative estimate of drug-likeness (QED) is 0.358. The Morgan fingerprint density at radius 1 is 1.07 bits per heavy atom. The SMILES string of the molecule is CC[C@@H](O)/C=C/[C@H](O)[C@@H]1C[C@H](O)[C@@H](C/C=C\C/C=C\C/C=C\CCC(=O)O)O1. The lowest BCUT2D eigenvalue weighted by molar-refractivity contribution is -0.136. The number of aliphatic hydroxyl groups excluding tert-OH is 3. The minimum absolute atomic E-state index is 0.160. The highest BCUT2D eigenvalue weighted by molar-refractivity contribution is 5.66. The Kier molecular flexibility index (Phi) is 12.4. The Morgan fingerprint density at radius 2 is 1.71 bits per heavy atom. The van der Waals surface area contributed by atoms with Gasteiger partial charge in [-0.3, -0.25) is 4.79 Å². The largest absolute Gasteiger partial charge is 0.481 e. The Hall–Kier alpha value is -1.73. The lowest BCUT2D eigenvalue weighted by Gasteiger charge is -2.16. The van der Waals surface area contributed by atoms with Gasteiger partial charge in [0, 0.05) is 12.8 Å². The summed E-state index contributed by atoms with van der Waals surface area (Å²) in [7, 11) is 0. The van der Waals surface area contributed by atoms with Crippen LogP contribution in [-0.4, -0.2) is 56.9 Å². The monoisotopic (exact) mass is 394 g/mol. The summed E-state index contributed by atoms with van der Waals surface area (Å²) in [6.45, 7) is 1.86. The summed E-state index contributed by atoms with van der Waals surface area (Å²) in [5.74, 6) is -0.783. The van der Waals surface area contributed by atoms with Gasteiger partial charge in [-0.15, -0.1) is 0 Å². The number of hydrogen-bond acceptors (Lipinski definition) is 5. The van der Waals surface area contributed by atoms with Gasteiger partial charge in [0.1, 0.15) is 0 Å². The van der Waals surface area contributed by atoms with Gasteiger partial charge < -0.3 is 25.2 Å². The van der Waals surface area contributed by atoms with Crippen molar-refractivity contribution in [1.82, 2.24) is 0 Å². The standard InChI is InChI=1S/C22H34O6/c1-2-17(23)14-15-18(24)21-16-19(25)20(28-21)12-10-8-6-4-3-5-7-9-11-13-22(26)27/h3-4,7-10,14-15,17-21,23-25H,2,5-6,11-13,16H2,1H3,(H,26,27)/b4-3-,9-7-,10-8-,15-14+/t17-,18+,19+,20-,21+/m1/s1. The molecule has 0 aromatic carbocycles. The van der Waals surface area contributed by atoms with Crippen LogP contribution in [0.5, 0.6) is 0 Å². The molecule has 0 radical (unpaired) electrons. The van der Waals surface area contributed by atoms with Gasteiger partial charge in [-0.25, -0.2) is 0 Å². The summed E-state index contributed by atoms with van der Waals surface area (Å²) in [6.07, 6.45) is 15.9. The zero-order chi connectivity index (χ0) is 20.8. The second-order valence-corrected chi connectivity index (χ2v) is 6.92. The first-order chi connectivity index (χ1) is 13.4. The van der Waals surface area contributed by atoms with Crippen LogP contribution in [0.25, 0.3) is 0 Å². The third-order valence-corrected chi connectivity index (χ3v) is 4.52. The summed E-state index contributed by atoms with van der Waals surface area (Å²) in [5, 5.41) is 38.2. The molecule has 1 aliphatic rings. The van der Waals surface area contributed by atoms with Crippen LogP contribution >= 0.6 is 0 Å². The van der Waals surface area contributed by atoms with Gasteiger partial charge in [0.25, 0.3) is 0 Å². The Bertz CT molecular complexity index is 551. The predicted molar refractivity (Wildman–Crippen MR) is 109 cm³/mol. The highest BCUT2D eigenvalue weighted by Gasteiger charge is 2.36. The van der Waals surface area contributed by atoms with E-state index in [0.717, 1.165) is 12.8 Å². The van der Waals surface area contributed by atoms with Crippen LogP contribution < -0.4 is 0 Å². The molecule has 28 heavy (non-hydrogen) atoms. The number of aliphatic carboxylic acids is 1. The number of hydrogen-bond donors (Lipinski definition) is 4. The molecule has 6 nitrogen and oxygen atoms in total. The van der Waals surface area contributed by atoms with E-state index in [1.807, 2.05) is 43.4 Å². The van der Waals surface area contributed by atoms with Crippen LogP contribution in [0.4, 0.5) is 0 Å². The van der Waals surface area contributed by atoms with Crippen molar-refractivity contribution >= 4 is 5.97 Å². The van der Waals surface area contributed by atoms with E-state index < -0.39 is 30.4 Å². The van der Waals surface area contributed by atoms with E-state index >= 15 is 0 Å². The fourth-order valence-corrected chi connectivity index (χ4v) is 2.79. The fraction of sp³-hybridized carbons (Fsp3) is 0.591. The smallest absolute Gasteiger partial charge is 0.303 e. The summed E-state index contributed by atoms with van der Waals surface area (Å²) in [4.78, 5) is 10.4. The van der Waals surface area contributed by atoms with Gasteiger partial charge in [0.05, 0.1) is 30.5 Å². The number of ether oxygens (including phenoxy) is 1. The van der Waals surface area contributed by atoms with E-state index in [1.54, 1.807) is 6.08 Å². The van der Waals surface area contributed by atoms with E-state index in [1.165, 1.54) is 6.08 Å². The van der Waals surface area contributed by atoms with Crippen molar-refractivity contribution in [3.63, 3.8) is 0 Å². The first-order valence-electron chi connectivity index (χ1n) is 9.98. The summed E-state index contributed by atoms with van der Waals surface area (Å²) in [5.41, 5.74) is 0. The third kappa shape index (κ3) is 10.6.